The minimum Gasteiger partial charge on any atom is -0.463 e. The van der Waals surface area contributed by atoms with Gasteiger partial charge in [0.2, 0.25) is 0 Å². The summed E-state index contributed by atoms with van der Waals surface area (Å²) in [6, 6.07) is 49.8. The van der Waals surface area contributed by atoms with Gasteiger partial charge in [0.1, 0.15) is 68.1 Å². The van der Waals surface area contributed by atoms with Crippen LogP contribution in [0.4, 0.5) is 0 Å². The first kappa shape index (κ1) is 90.1. The van der Waals surface area contributed by atoms with Crippen molar-refractivity contribution in [2.24, 2.45) is 0 Å². The zero-order valence-corrected chi connectivity index (χ0v) is 67.9. The van der Waals surface area contributed by atoms with Crippen LogP contribution >= 0.6 is 0 Å². The number of unbranched alkanes of at least 4 members (excludes halogenated alkanes) is 36. The van der Waals surface area contributed by atoms with Gasteiger partial charge in [0.25, 0.3) is 0 Å². The van der Waals surface area contributed by atoms with E-state index >= 15 is 0 Å². The molecule has 3 heterocycles. The fourth-order valence-electron chi connectivity index (χ4n) is 15.4. The van der Waals surface area contributed by atoms with Crippen molar-refractivity contribution in [3.63, 3.8) is 0 Å². The Morgan fingerprint density at radius 3 is 0.791 bits per heavy atom. The van der Waals surface area contributed by atoms with Crippen molar-refractivity contribution in [1.82, 2.24) is 0 Å². The van der Waals surface area contributed by atoms with Crippen LogP contribution in [-0.4, -0.2) is 113 Å². The molecule has 0 bridgehead atoms. The summed E-state index contributed by atoms with van der Waals surface area (Å²) in [4.78, 5) is 27.4. The average Bonchev–Trinajstić information content (AvgIpc) is 1.63. The molecule has 5 aromatic carbocycles. The van der Waals surface area contributed by atoms with E-state index in [1.807, 2.05) is 152 Å². The summed E-state index contributed by atoms with van der Waals surface area (Å²) in [7, 11) is 1.58. The van der Waals surface area contributed by atoms with Crippen LogP contribution in [0.15, 0.2) is 152 Å². The Hall–Kier alpha value is -5.40. The molecule has 3 aliphatic rings. The van der Waals surface area contributed by atoms with Gasteiger partial charge in [-0.3, -0.25) is 9.59 Å². The van der Waals surface area contributed by atoms with E-state index in [-0.39, 0.29) is 64.8 Å². The molecule has 3 saturated heterocycles. The van der Waals surface area contributed by atoms with Crippen LogP contribution < -0.4 is 0 Å². The van der Waals surface area contributed by atoms with Crippen molar-refractivity contribution < 1.29 is 71.2 Å². The maximum absolute atomic E-state index is 13.7. The first-order chi connectivity index (χ1) is 54.4. The number of hydrogen-bond acceptors (Lipinski definition) is 15. The monoisotopic (exact) mass is 1520 g/mol. The van der Waals surface area contributed by atoms with Crippen LogP contribution in [0.25, 0.3) is 0 Å². The number of esters is 2. The Morgan fingerprint density at radius 2 is 0.500 bits per heavy atom. The molecular weight excluding hydrogens is 1380 g/mol. The van der Waals surface area contributed by atoms with Crippen molar-refractivity contribution in [2.45, 2.75) is 378 Å². The van der Waals surface area contributed by atoms with E-state index in [1.165, 1.54) is 205 Å². The molecule has 12 atom stereocenters. The van der Waals surface area contributed by atoms with Gasteiger partial charge in [0.05, 0.1) is 39.6 Å². The first-order valence-electron chi connectivity index (χ1n) is 43.7. The van der Waals surface area contributed by atoms with E-state index in [0.29, 0.717) is 12.8 Å². The number of methoxy groups -OCH3 is 1. The van der Waals surface area contributed by atoms with Gasteiger partial charge in [-0.15, -0.1) is 0 Å². The second-order valence-electron chi connectivity index (χ2n) is 31.2. The maximum atomic E-state index is 13.7. The highest BCUT2D eigenvalue weighted by Gasteiger charge is 2.55. The third-order valence-electron chi connectivity index (χ3n) is 22.0. The largest absolute Gasteiger partial charge is 0.463 e. The Kier molecular flexibility index (Phi) is 47.2. The van der Waals surface area contributed by atoms with Crippen molar-refractivity contribution >= 4 is 11.9 Å². The predicted molar refractivity (Wildman–Crippen MR) is 437 cm³/mol. The summed E-state index contributed by atoms with van der Waals surface area (Å²) in [6.07, 6.45) is 39.1. The molecule has 0 amide bonds. The van der Waals surface area contributed by atoms with Crippen LogP contribution in [0.1, 0.15) is 298 Å². The number of carbonyl (C=O) groups is 2. The van der Waals surface area contributed by atoms with E-state index < -0.39 is 73.8 Å². The van der Waals surface area contributed by atoms with E-state index in [1.54, 1.807) is 7.11 Å². The van der Waals surface area contributed by atoms with Gasteiger partial charge in [-0.25, -0.2) is 0 Å². The molecule has 0 N–H and O–H groups in total. The van der Waals surface area contributed by atoms with Gasteiger partial charge in [-0.05, 0) is 40.7 Å². The van der Waals surface area contributed by atoms with Crippen LogP contribution in [0.2, 0.25) is 0 Å². The van der Waals surface area contributed by atoms with Gasteiger partial charge < -0.3 is 61.6 Å². The van der Waals surface area contributed by atoms with Crippen molar-refractivity contribution in [3.05, 3.63) is 179 Å². The van der Waals surface area contributed by atoms with Crippen molar-refractivity contribution in [2.75, 3.05) is 26.9 Å². The fraction of sp³-hybridized carbons (Fsp3) is 0.663. The molecule has 8 rings (SSSR count). The standard InChI is InChI=1S/C95H142O15/c1-4-6-8-10-12-14-16-18-20-22-24-26-28-30-32-34-36-38-55-67-85(96)99-74-82-87(101-69-77-57-45-40-46-58-77)90(103-71-79-61-49-42-50-62-79)94(108-82)106-76-84-89(92(93(98-3)107-84)105-73-81-65-53-44-54-66-81)110-95-91(104-72-80-63-51-43-52-64-80)88(102-70-78-59-47-41-48-60-78)83(109-95)75-100-86(97)68-56-39-37-35-33-31-29-27-25-23-21-19-17-15-13-11-9-7-5-2/h40-54,57-66,82-84,87-95H,4-39,55-56,67-76H2,1-3H3/t82-,83-,84-,87-,88-,89-,90+,91+,92+,93+,94+,95-/m1/s1. The highest BCUT2D eigenvalue weighted by molar-refractivity contribution is 5.69. The number of benzene rings is 5. The van der Waals surface area contributed by atoms with Gasteiger partial charge in [0.15, 0.2) is 18.9 Å². The second-order valence-corrected chi connectivity index (χ2v) is 31.2. The van der Waals surface area contributed by atoms with E-state index in [4.69, 9.17) is 61.6 Å². The Morgan fingerprint density at radius 1 is 0.264 bits per heavy atom. The summed E-state index contributed by atoms with van der Waals surface area (Å²) in [5.74, 6) is -0.564. The Balaban J connectivity index is 0.901. The third-order valence-corrected chi connectivity index (χ3v) is 22.0. The molecule has 3 fully saturated rings. The highest BCUT2D eigenvalue weighted by atomic mass is 16.8. The molecule has 0 aromatic heterocycles. The SMILES string of the molecule is CCCCCCCCCCCCCCCCCCCCCC(=O)OC[C@H]1O[C@H](OC[C@H]2O[C@H](OC)[C@@H](OCc3ccccc3)[C@@H]2O[C@H]2O[C@H](COC(=O)CCCCCCCCCCCCCCCCCCCCC)[C@@H](OCc3ccccc3)[C@@H]2OCc2ccccc2)[C@@H](OCc2ccccc2)[C@@H]1OCc1ccccc1. The molecule has 0 unspecified atom stereocenters. The summed E-state index contributed by atoms with van der Waals surface area (Å²) >= 11 is 0. The molecular formula is C95H142O15. The smallest absolute Gasteiger partial charge is 0.305 e. The minimum absolute atomic E-state index is 0.0672. The normalized spacial score (nSPS) is 21.8. The zero-order valence-electron chi connectivity index (χ0n) is 67.9. The topological polar surface area (TPSA) is 154 Å². The van der Waals surface area contributed by atoms with Crippen LogP contribution in [0.5, 0.6) is 0 Å². The Bertz CT molecular complexity index is 3020. The number of rotatable bonds is 65. The molecule has 0 saturated carbocycles. The highest BCUT2D eigenvalue weighted by Crippen LogP contribution is 2.38. The van der Waals surface area contributed by atoms with Crippen molar-refractivity contribution in [1.29, 1.82) is 0 Å². The average molecular weight is 1520 g/mol. The molecule has 0 aliphatic carbocycles. The summed E-state index contributed by atoms with van der Waals surface area (Å²) in [6.45, 7) is 5.45. The molecule has 110 heavy (non-hydrogen) atoms. The quantitative estimate of drug-likeness (QED) is 0.0268. The number of hydrogen-bond donors (Lipinski definition) is 0. The van der Waals surface area contributed by atoms with E-state index in [0.717, 1.165) is 66.3 Å². The van der Waals surface area contributed by atoms with Crippen LogP contribution in [0, 0.1) is 0 Å². The third kappa shape index (κ3) is 36.4. The number of ether oxygens (including phenoxy) is 13. The number of carbonyl (C=O) groups excluding carboxylic acids is 2. The summed E-state index contributed by atoms with van der Waals surface area (Å²) in [5.41, 5.74) is 4.75. The first-order valence-corrected chi connectivity index (χ1v) is 43.7. The lowest BCUT2D eigenvalue weighted by molar-refractivity contribution is -0.239. The summed E-state index contributed by atoms with van der Waals surface area (Å²) in [5, 5.41) is 0. The Labute approximate surface area is 663 Å². The minimum atomic E-state index is -1.10. The van der Waals surface area contributed by atoms with E-state index in [9.17, 15) is 9.59 Å². The molecule has 15 heteroatoms. The van der Waals surface area contributed by atoms with Gasteiger partial charge in [-0.1, -0.05) is 397 Å². The lowest BCUT2D eigenvalue weighted by Gasteiger charge is -2.30. The second kappa shape index (κ2) is 57.6. The van der Waals surface area contributed by atoms with Crippen LogP contribution in [0.3, 0.4) is 0 Å². The molecule has 0 radical (unpaired) electrons. The zero-order chi connectivity index (χ0) is 76.8. The van der Waals surface area contributed by atoms with Gasteiger partial charge in [-0.2, -0.15) is 0 Å². The molecule has 0 spiro atoms. The van der Waals surface area contributed by atoms with Crippen LogP contribution in [-0.2, 0) is 104 Å². The summed E-state index contributed by atoms with van der Waals surface area (Å²) < 4.78 is 87.7. The van der Waals surface area contributed by atoms with E-state index in [2.05, 4.69) is 13.8 Å². The van der Waals surface area contributed by atoms with Crippen molar-refractivity contribution in [3.8, 4) is 0 Å². The molecule has 15 nitrogen and oxygen atoms in total. The molecule has 612 valence electrons. The fourth-order valence-corrected chi connectivity index (χ4v) is 15.4. The predicted octanol–water partition coefficient (Wildman–Crippen LogP) is 22.9. The lowest BCUT2D eigenvalue weighted by atomic mass is 10.0. The molecule has 3 aliphatic heterocycles. The van der Waals surface area contributed by atoms with Gasteiger partial charge in [0, 0.05) is 20.0 Å². The molecule has 5 aromatic rings. The maximum Gasteiger partial charge on any atom is 0.305 e. The van der Waals surface area contributed by atoms with Gasteiger partial charge >= 0.3 is 11.9 Å². The lowest BCUT2D eigenvalue weighted by Crippen LogP contribution is -2.46.